The predicted octanol–water partition coefficient (Wildman–Crippen LogP) is 4.53. The molecule has 1 heterocycles. The van der Waals surface area contributed by atoms with Crippen LogP contribution in [0.3, 0.4) is 0 Å². The number of carbonyl (C=O) groups excluding carboxylic acids is 1. The predicted molar refractivity (Wildman–Crippen MR) is 109 cm³/mol. The van der Waals surface area contributed by atoms with Crippen LogP contribution in [0.4, 0.5) is 5.69 Å². The summed E-state index contributed by atoms with van der Waals surface area (Å²) in [7, 11) is 0. The summed E-state index contributed by atoms with van der Waals surface area (Å²) in [6, 6.07) is 8.52. The highest BCUT2D eigenvalue weighted by Gasteiger charge is 2.24. The summed E-state index contributed by atoms with van der Waals surface area (Å²) < 4.78 is 6.11. The van der Waals surface area contributed by atoms with E-state index in [1.807, 2.05) is 12.1 Å². The molecule has 2 aliphatic rings. The van der Waals surface area contributed by atoms with E-state index in [2.05, 4.69) is 36.6 Å². The van der Waals surface area contributed by atoms with Gasteiger partial charge in [0.2, 0.25) is 5.91 Å². The van der Waals surface area contributed by atoms with Gasteiger partial charge in [-0.15, -0.1) is 12.4 Å². The van der Waals surface area contributed by atoms with Gasteiger partial charge in [0, 0.05) is 17.6 Å². The van der Waals surface area contributed by atoms with Crippen molar-refractivity contribution in [2.45, 2.75) is 71.1 Å². The molecule has 1 aliphatic carbocycles. The monoisotopic (exact) mass is 380 g/mol. The maximum atomic E-state index is 12.5. The fraction of sp³-hybridized carbons (Fsp3) is 0.667. The molecule has 1 saturated heterocycles. The summed E-state index contributed by atoms with van der Waals surface area (Å²) in [5.41, 5.74) is 2.02. The van der Waals surface area contributed by atoms with Crippen molar-refractivity contribution in [3.05, 3.63) is 29.8 Å². The summed E-state index contributed by atoms with van der Waals surface area (Å²) in [5, 5.41) is 6.49. The first-order valence-electron chi connectivity index (χ1n) is 9.85. The number of hydrogen-bond acceptors (Lipinski definition) is 3. The largest absolute Gasteiger partial charge is 0.374 e. The second-order valence-electron chi connectivity index (χ2n) is 7.97. The Morgan fingerprint density at radius 1 is 1.23 bits per heavy atom. The lowest BCUT2D eigenvalue weighted by atomic mass is 9.89. The Kier molecular flexibility index (Phi) is 8.39. The van der Waals surface area contributed by atoms with Crippen LogP contribution >= 0.6 is 12.4 Å². The lowest BCUT2D eigenvalue weighted by Crippen LogP contribution is -2.40. The normalized spacial score (nSPS) is 28.8. The molecule has 3 rings (SSSR count). The fourth-order valence-electron chi connectivity index (χ4n) is 4.10. The smallest absolute Gasteiger partial charge is 0.227 e. The molecule has 0 spiro atoms. The van der Waals surface area contributed by atoms with Crippen molar-refractivity contribution in [3.63, 3.8) is 0 Å². The molecule has 1 aromatic rings. The van der Waals surface area contributed by atoms with Gasteiger partial charge in [-0.2, -0.15) is 0 Å². The molecule has 1 amide bonds. The zero-order chi connectivity index (χ0) is 17.6. The summed E-state index contributed by atoms with van der Waals surface area (Å²) in [6.45, 7) is 6.01. The lowest BCUT2D eigenvalue weighted by molar-refractivity contribution is -0.120. The van der Waals surface area contributed by atoms with E-state index < -0.39 is 0 Å². The fourth-order valence-corrected chi connectivity index (χ4v) is 4.10. The van der Waals surface area contributed by atoms with Gasteiger partial charge in [-0.05, 0) is 62.8 Å². The summed E-state index contributed by atoms with van der Waals surface area (Å²) in [6.07, 6.45) is 7.16. The Bertz CT molecular complexity index is 581. The van der Waals surface area contributed by atoms with Crippen LogP contribution < -0.4 is 10.6 Å². The van der Waals surface area contributed by atoms with E-state index >= 15 is 0 Å². The molecule has 4 atom stereocenters. The third kappa shape index (κ3) is 6.26. The van der Waals surface area contributed by atoms with Crippen molar-refractivity contribution in [1.29, 1.82) is 0 Å². The van der Waals surface area contributed by atoms with E-state index in [9.17, 15) is 4.79 Å². The van der Waals surface area contributed by atoms with Gasteiger partial charge in [-0.1, -0.05) is 31.9 Å². The first-order chi connectivity index (χ1) is 12.1. The van der Waals surface area contributed by atoms with E-state index in [-0.39, 0.29) is 24.2 Å². The third-order valence-corrected chi connectivity index (χ3v) is 5.56. The van der Waals surface area contributed by atoms with Crippen molar-refractivity contribution in [1.82, 2.24) is 5.32 Å². The maximum absolute atomic E-state index is 12.5. The minimum atomic E-state index is 0. The molecule has 0 radical (unpaired) electrons. The quantitative estimate of drug-likeness (QED) is 0.788. The molecule has 1 saturated carbocycles. The van der Waals surface area contributed by atoms with Crippen molar-refractivity contribution >= 4 is 24.0 Å². The van der Waals surface area contributed by atoms with Crippen LogP contribution in [0.15, 0.2) is 24.3 Å². The Labute approximate surface area is 163 Å². The number of halogens is 1. The van der Waals surface area contributed by atoms with E-state index in [1.165, 1.54) is 25.7 Å². The van der Waals surface area contributed by atoms with Crippen molar-refractivity contribution in [2.24, 2.45) is 11.8 Å². The summed E-state index contributed by atoms with van der Waals surface area (Å²) in [5.74, 6) is 1.03. The molecule has 5 heteroatoms. The van der Waals surface area contributed by atoms with E-state index in [0.29, 0.717) is 18.8 Å². The van der Waals surface area contributed by atoms with Crippen LogP contribution in [0.5, 0.6) is 0 Å². The Hall–Kier alpha value is -1.10. The number of benzene rings is 1. The number of anilines is 1. The minimum absolute atomic E-state index is 0. The number of amides is 1. The van der Waals surface area contributed by atoms with Crippen LogP contribution in [-0.4, -0.2) is 24.6 Å². The number of rotatable bonds is 5. The number of ether oxygens (including phenoxy) is 1. The molecule has 26 heavy (non-hydrogen) atoms. The lowest BCUT2D eigenvalue weighted by Gasteiger charge is -2.27. The zero-order valence-corrected chi connectivity index (χ0v) is 16.8. The standard InChI is InChI=1S/C21H32N2O2.ClH/c1-15-5-3-8-20(11-15)25-14-17-6-4-7-19(13-17)23-21(24)18-9-10-22-16(2)12-18;/h4,6-7,13,15-16,18,20,22H,3,5,8-12,14H2,1-2H3,(H,23,24);1H/t15?,16-,18-,20?;/m0./s1. The molecule has 1 aromatic carbocycles. The molecule has 0 bridgehead atoms. The number of piperidine rings is 1. The minimum Gasteiger partial charge on any atom is -0.374 e. The molecule has 0 aromatic heterocycles. The van der Waals surface area contributed by atoms with Gasteiger partial charge < -0.3 is 15.4 Å². The molecule has 1 aliphatic heterocycles. The SMILES string of the molecule is CC1CCCC(OCc2cccc(NC(=O)[C@H]3CCN[C@@H](C)C3)c2)C1.Cl. The Balaban J connectivity index is 0.00000243. The van der Waals surface area contributed by atoms with Gasteiger partial charge in [0.1, 0.15) is 0 Å². The molecule has 146 valence electrons. The van der Waals surface area contributed by atoms with Crippen molar-refractivity contribution in [3.8, 4) is 0 Å². The van der Waals surface area contributed by atoms with Gasteiger partial charge in [0.05, 0.1) is 12.7 Å². The highest BCUT2D eigenvalue weighted by Crippen LogP contribution is 2.26. The average molecular weight is 381 g/mol. The van der Waals surface area contributed by atoms with Crippen LogP contribution in [0.25, 0.3) is 0 Å². The van der Waals surface area contributed by atoms with E-state index in [1.54, 1.807) is 0 Å². The number of nitrogens with one attached hydrogen (secondary N) is 2. The molecule has 2 unspecified atom stereocenters. The molecular weight excluding hydrogens is 348 g/mol. The van der Waals surface area contributed by atoms with E-state index in [0.717, 1.165) is 36.6 Å². The van der Waals surface area contributed by atoms with Crippen LogP contribution in [0, 0.1) is 11.8 Å². The van der Waals surface area contributed by atoms with Crippen molar-refractivity contribution < 1.29 is 9.53 Å². The topological polar surface area (TPSA) is 50.4 Å². The van der Waals surface area contributed by atoms with Gasteiger partial charge in [-0.3, -0.25) is 4.79 Å². The van der Waals surface area contributed by atoms with Crippen molar-refractivity contribution in [2.75, 3.05) is 11.9 Å². The first kappa shape index (κ1) is 21.2. The number of hydrogen-bond donors (Lipinski definition) is 2. The van der Waals surface area contributed by atoms with Gasteiger partial charge in [0.25, 0.3) is 0 Å². The third-order valence-electron chi connectivity index (χ3n) is 5.56. The van der Waals surface area contributed by atoms with Crippen LogP contribution in [-0.2, 0) is 16.1 Å². The second-order valence-corrected chi connectivity index (χ2v) is 7.97. The van der Waals surface area contributed by atoms with Gasteiger partial charge in [0.15, 0.2) is 0 Å². The van der Waals surface area contributed by atoms with Crippen LogP contribution in [0.1, 0.15) is 57.9 Å². The average Bonchev–Trinajstić information content (AvgIpc) is 2.60. The molecule has 2 N–H and O–H groups in total. The van der Waals surface area contributed by atoms with E-state index in [4.69, 9.17) is 4.74 Å². The van der Waals surface area contributed by atoms with Gasteiger partial charge in [-0.25, -0.2) is 0 Å². The molecule has 2 fully saturated rings. The van der Waals surface area contributed by atoms with Gasteiger partial charge >= 0.3 is 0 Å². The Morgan fingerprint density at radius 2 is 2.08 bits per heavy atom. The molecule has 4 nitrogen and oxygen atoms in total. The van der Waals surface area contributed by atoms with Crippen LogP contribution in [0.2, 0.25) is 0 Å². The second kappa shape index (κ2) is 10.3. The zero-order valence-electron chi connectivity index (χ0n) is 16.0. The summed E-state index contributed by atoms with van der Waals surface area (Å²) in [4.78, 5) is 12.5. The Morgan fingerprint density at radius 3 is 2.85 bits per heavy atom. The first-order valence-corrected chi connectivity index (χ1v) is 9.85. The highest BCUT2D eigenvalue weighted by molar-refractivity contribution is 5.92. The number of carbonyl (C=O) groups is 1. The summed E-state index contributed by atoms with van der Waals surface area (Å²) >= 11 is 0. The maximum Gasteiger partial charge on any atom is 0.227 e. The molecular formula is C21H33ClN2O2. The highest BCUT2D eigenvalue weighted by atomic mass is 35.5.